The number of nitrogens with one attached hydrogen (secondary N) is 1. The topological polar surface area (TPSA) is 59.3 Å². The van der Waals surface area contributed by atoms with Crippen molar-refractivity contribution in [1.29, 1.82) is 0 Å². The number of hydrogen-bond donors (Lipinski definition) is 1. The van der Waals surface area contributed by atoms with Gasteiger partial charge in [-0.1, -0.05) is 0 Å². The van der Waals surface area contributed by atoms with E-state index in [0.29, 0.717) is 17.0 Å². The Labute approximate surface area is 130 Å². The van der Waals surface area contributed by atoms with Crippen LogP contribution in [-0.2, 0) is 0 Å². The zero-order valence-corrected chi connectivity index (χ0v) is 12.0. The lowest BCUT2D eigenvalue weighted by atomic mass is 10.2. The molecule has 1 amide bonds. The van der Waals surface area contributed by atoms with Gasteiger partial charge in [0, 0.05) is 29.4 Å². The molecule has 2 heterocycles. The maximum absolute atomic E-state index is 13.4. The van der Waals surface area contributed by atoms with Crippen molar-refractivity contribution in [2.24, 2.45) is 0 Å². The Morgan fingerprint density at radius 1 is 1.13 bits per heavy atom. The van der Waals surface area contributed by atoms with Crippen LogP contribution in [0.5, 0.6) is 0 Å². The molecule has 0 spiro atoms. The first-order chi connectivity index (χ1) is 11.1. The number of benzene rings is 1. The first-order valence-corrected chi connectivity index (χ1v) is 7.22. The molecule has 1 N–H and O–H groups in total. The van der Waals surface area contributed by atoms with Crippen molar-refractivity contribution in [3.05, 3.63) is 53.7 Å². The first kappa shape index (κ1) is 13.8. The summed E-state index contributed by atoms with van der Waals surface area (Å²) in [4.78, 5) is 12.0. The fourth-order valence-electron chi connectivity index (χ4n) is 2.41. The van der Waals surface area contributed by atoms with Crippen LogP contribution >= 0.6 is 0 Å². The molecule has 0 saturated heterocycles. The van der Waals surface area contributed by atoms with Gasteiger partial charge in [-0.3, -0.25) is 9.20 Å². The van der Waals surface area contributed by atoms with Crippen molar-refractivity contribution in [1.82, 2.24) is 19.9 Å². The molecule has 5 nitrogen and oxygen atoms in total. The van der Waals surface area contributed by atoms with Gasteiger partial charge < -0.3 is 5.32 Å². The summed E-state index contributed by atoms with van der Waals surface area (Å²) >= 11 is 0. The van der Waals surface area contributed by atoms with Crippen LogP contribution in [0.2, 0.25) is 0 Å². The quantitative estimate of drug-likeness (QED) is 0.808. The Hall–Kier alpha value is -2.83. The molecule has 1 fully saturated rings. The molecule has 3 aromatic rings. The van der Waals surface area contributed by atoms with Crippen molar-refractivity contribution >= 4 is 11.6 Å². The first-order valence-electron chi connectivity index (χ1n) is 7.22. The number of aromatic nitrogens is 3. The molecule has 0 radical (unpaired) electrons. The second kappa shape index (κ2) is 5.12. The van der Waals surface area contributed by atoms with Crippen molar-refractivity contribution in [2.45, 2.75) is 18.9 Å². The highest BCUT2D eigenvalue weighted by atomic mass is 19.1. The third-order valence-electron chi connectivity index (χ3n) is 3.71. The van der Waals surface area contributed by atoms with Gasteiger partial charge in [-0.25, -0.2) is 8.78 Å². The minimum absolute atomic E-state index is 0.156. The fraction of sp³-hybridized carbons (Fsp3) is 0.188. The van der Waals surface area contributed by atoms with Gasteiger partial charge in [0.2, 0.25) is 0 Å². The summed E-state index contributed by atoms with van der Waals surface area (Å²) in [7, 11) is 0. The van der Waals surface area contributed by atoms with E-state index in [1.165, 1.54) is 12.1 Å². The summed E-state index contributed by atoms with van der Waals surface area (Å²) in [6, 6.07) is 6.67. The number of hydrogen-bond acceptors (Lipinski definition) is 3. The van der Waals surface area contributed by atoms with E-state index in [-0.39, 0.29) is 17.5 Å². The predicted molar refractivity (Wildman–Crippen MR) is 78.8 cm³/mol. The van der Waals surface area contributed by atoms with Gasteiger partial charge in [0.05, 0.1) is 0 Å². The van der Waals surface area contributed by atoms with E-state index < -0.39 is 11.6 Å². The average Bonchev–Trinajstić information content (AvgIpc) is 3.22. The predicted octanol–water partition coefficient (Wildman–Crippen LogP) is 2.57. The summed E-state index contributed by atoms with van der Waals surface area (Å²) in [6.45, 7) is 0. The third kappa shape index (κ3) is 2.65. The maximum atomic E-state index is 13.4. The van der Waals surface area contributed by atoms with Crippen molar-refractivity contribution in [3.8, 4) is 11.4 Å². The van der Waals surface area contributed by atoms with E-state index in [0.717, 1.165) is 18.9 Å². The largest absolute Gasteiger partial charge is 0.349 e. The monoisotopic (exact) mass is 314 g/mol. The molecule has 2 aromatic heterocycles. The van der Waals surface area contributed by atoms with Crippen molar-refractivity contribution < 1.29 is 13.6 Å². The van der Waals surface area contributed by atoms with Crippen LogP contribution in [0.25, 0.3) is 17.0 Å². The Morgan fingerprint density at radius 2 is 1.87 bits per heavy atom. The molecule has 23 heavy (non-hydrogen) atoms. The molecule has 1 saturated carbocycles. The summed E-state index contributed by atoms with van der Waals surface area (Å²) in [5.74, 6) is -1.21. The lowest BCUT2D eigenvalue weighted by Crippen LogP contribution is -2.25. The fourth-order valence-corrected chi connectivity index (χ4v) is 2.41. The van der Waals surface area contributed by atoms with Gasteiger partial charge in [0.1, 0.15) is 11.6 Å². The van der Waals surface area contributed by atoms with Gasteiger partial charge in [0.25, 0.3) is 5.91 Å². The number of halogens is 2. The Bertz CT molecular complexity index is 897. The van der Waals surface area contributed by atoms with E-state index in [2.05, 4.69) is 15.5 Å². The SMILES string of the molecule is O=C(NC1CC1)c1ccn2c(-c3cc(F)cc(F)c3)nnc2c1. The lowest BCUT2D eigenvalue weighted by Gasteiger charge is -2.04. The van der Waals surface area contributed by atoms with E-state index in [1.807, 2.05) is 0 Å². The van der Waals surface area contributed by atoms with Crippen LogP contribution in [0.1, 0.15) is 23.2 Å². The lowest BCUT2D eigenvalue weighted by molar-refractivity contribution is 0.0951. The number of fused-ring (bicyclic) bond motifs is 1. The summed E-state index contributed by atoms with van der Waals surface area (Å²) in [5, 5.41) is 10.8. The molecule has 0 atom stereocenters. The number of amides is 1. The molecule has 4 rings (SSSR count). The molecule has 0 bridgehead atoms. The Kier molecular flexibility index (Phi) is 3.07. The number of carbonyl (C=O) groups excluding carboxylic acids is 1. The van der Waals surface area contributed by atoms with Crippen LogP contribution in [0.3, 0.4) is 0 Å². The number of pyridine rings is 1. The molecule has 7 heteroatoms. The van der Waals surface area contributed by atoms with Crippen molar-refractivity contribution in [2.75, 3.05) is 0 Å². The van der Waals surface area contributed by atoms with Crippen LogP contribution in [0.15, 0.2) is 36.5 Å². The van der Waals surface area contributed by atoms with E-state index in [4.69, 9.17) is 0 Å². The van der Waals surface area contributed by atoms with E-state index in [1.54, 1.807) is 22.7 Å². The van der Waals surface area contributed by atoms with Crippen molar-refractivity contribution in [3.63, 3.8) is 0 Å². The third-order valence-corrected chi connectivity index (χ3v) is 3.71. The Balaban J connectivity index is 1.73. The number of nitrogens with zero attached hydrogens (tertiary/aromatic N) is 3. The zero-order valence-electron chi connectivity index (χ0n) is 12.0. The molecular formula is C16H12F2N4O. The van der Waals surface area contributed by atoms with Gasteiger partial charge in [-0.2, -0.15) is 0 Å². The second-order valence-corrected chi connectivity index (χ2v) is 5.57. The van der Waals surface area contributed by atoms with Crippen LogP contribution in [0, 0.1) is 11.6 Å². The molecule has 0 unspecified atom stereocenters. The minimum Gasteiger partial charge on any atom is -0.349 e. The normalized spacial score (nSPS) is 14.2. The van der Waals surface area contributed by atoms with E-state index in [9.17, 15) is 13.6 Å². The highest BCUT2D eigenvalue weighted by molar-refractivity contribution is 5.95. The van der Waals surface area contributed by atoms with Gasteiger partial charge >= 0.3 is 0 Å². The van der Waals surface area contributed by atoms with Crippen LogP contribution in [-0.4, -0.2) is 26.5 Å². The molecular weight excluding hydrogens is 302 g/mol. The second-order valence-electron chi connectivity index (χ2n) is 5.57. The highest BCUT2D eigenvalue weighted by Gasteiger charge is 2.24. The smallest absolute Gasteiger partial charge is 0.251 e. The molecule has 1 aliphatic carbocycles. The van der Waals surface area contributed by atoms with Crippen LogP contribution < -0.4 is 5.32 Å². The number of carbonyl (C=O) groups is 1. The molecule has 1 aliphatic rings. The van der Waals surface area contributed by atoms with Crippen LogP contribution in [0.4, 0.5) is 8.78 Å². The molecule has 1 aromatic carbocycles. The van der Waals surface area contributed by atoms with Gasteiger partial charge in [-0.15, -0.1) is 10.2 Å². The minimum atomic E-state index is -0.683. The van der Waals surface area contributed by atoms with E-state index >= 15 is 0 Å². The number of rotatable bonds is 3. The Morgan fingerprint density at radius 3 is 2.57 bits per heavy atom. The summed E-state index contributed by atoms with van der Waals surface area (Å²) in [6.07, 6.45) is 3.64. The maximum Gasteiger partial charge on any atom is 0.251 e. The summed E-state index contributed by atoms with van der Waals surface area (Å²) < 4.78 is 28.3. The average molecular weight is 314 g/mol. The standard InChI is InChI=1S/C16H12F2N4O/c17-11-5-10(6-12(18)8-11)15-21-20-14-7-9(3-4-22(14)15)16(23)19-13-1-2-13/h3-8,13H,1-2H2,(H,19,23). The highest BCUT2D eigenvalue weighted by Crippen LogP contribution is 2.22. The summed E-state index contributed by atoms with van der Waals surface area (Å²) in [5.41, 5.74) is 1.20. The van der Waals surface area contributed by atoms with Gasteiger partial charge in [0.15, 0.2) is 11.5 Å². The van der Waals surface area contributed by atoms with Gasteiger partial charge in [-0.05, 0) is 37.1 Å². The zero-order chi connectivity index (χ0) is 16.0. The molecule has 0 aliphatic heterocycles. The molecule has 116 valence electrons.